The number of anilines is 1. The number of amides is 1. The van der Waals surface area contributed by atoms with Crippen LogP contribution < -0.4 is 10.1 Å². The molecule has 0 saturated heterocycles. The summed E-state index contributed by atoms with van der Waals surface area (Å²) < 4.78 is 19.1. The fourth-order valence-electron chi connectivity index (χ4n) is 3.04. The van der Waals surface area contributed by atoms with Crippen molar-refractivity contribution in [2.75, 3.05) is 12.4 Å². The summed E-state index contributed by atoms with van der Waals surface area (Å²) in [6.07, 6.45) is 4.99. The number of aromatic nitrogens is 2. The van der Waals surface area contributed by atoms with Crippen molar-refractivity contribution in [3.05, 3.63) is 83.2 Å². The van der Waals surface area contributed by atoms with Crippen molar-refractivity contribution >= 4 is 11.6 Å². The van der Waals surface area contributed by atoms with E-state index in [9.17, 15) is 9.18 Å². The van der Waals surface area contributed by atoms with Gasteiger partial charge in [-0.05, 0) is 48.6 Å². The van der Waals surface area contributed by atoms with Gasteiger partial charge in [0.1, 0.15) is 17.6 Å². The van der Waals surface area contributed by atoms with Crippen molar-refractivity contribution in [2.24, 2.45) is 0 Å². The lowest BCUT2D eigenvalue weighted by molar-refractivity contribution is -0.115. The predicted octanol–water partition coefficient (Wildman–Crippen LogP) is 3.85. The molecule has 0 aliphatic heterocycles. The van der Waals surface area contributed by atoms with Gasteiger partial charge in [-0.25, -0.2) is 9.37 Å². The topological polar surface area (TPSA) is 87.9 Å². The monoisotopic (exact) mass is 404 g/mol. The van der Waals surface area contributed by atoms with Gasteiger partial charge in [-0.1, -0.05) is 24.3 Å². The molecule has 0 bridgehead atoms. The van der Waals surface area contributed by atoms with E-state index in [0.29, 0.717) is 29.1 Å². The number of nitrogens with zero attached hydrogens (tertiary/aromatic N) is 3. The van der Waals surface area contributed by atoms with Crippen LogP contribution in [0.3, 0.4) is 0 Å². The van der Waals surface area contributed by atoms with Crippen LogP contribution in [0.5, 0.6) is 5.75 Å². The Balaban J connectivity index is 1.58. The number of methoxy groups -OCH3 is 1. The molecule has 0 radical (unpaired) electrons. The largest absolute Gasteiger partial charge is 0.495 e. The first-order valence-electron chi connectivity index (χ1n) is 9.50. The molecule has 2 aromatic carbocycles. The van der Waals surface area contributed by atoms with Crippen LogP contribution in [0.2, 0.25) is 0 Å². The van der Waals surface area contributed by atoms with E-state index in [1.165, 1.54) is 18.5 Å². The van der Waals surface area contributed by atoms with Gasteiger partial charge in [0.2, 0.25) is 5.91 Å². The molecular weight excluding hydrogens is 383 g/mol. The number of nitriles is 1. The standard InChI is InChI=1S/C23H21FN4O2/c1-30-22-11-16(5-4-7-17-6-2-3-8-20(17)24)9-10-21(22)28-23(29)12-18-14-27-19(13-25)15-26-18/h2-3,6,8-11,14-15H,4-5,7,12H2,1H3,(H,28,29). The molecule has 1 aromatic heterocycles. The zero-order chi connectivity index (χ0) is 21.3. The van der Waals surface area contributed by atoms with Gasteiger partial charge in [0.25, 0.3) is 0 Å². The highest BCUT2D eigenvalue weighted by molar-refractivity contribution is 5.93. The van der Waals surface area contributed by atoms with Gasteiger partial charge in [0, 0.05) is 0 Å². The molecule has 7 heteroatoms. The Hall–Kier alpha value is -3.79. The number of hydrogen-bond acceptors (Lipinski definition) is 5. The summed E-state index contributed by atoms with van der Waals surface area (Å²) >= 11 is 0. The third-order valence-corrected chi connectivity index (χ3v) is 4.57. The highest BCUT2D eigenvalue weighted by Gasteiger charge is 2.11. The second-order valence-electron chi connectivity index (χ2n) is 6.71. The van der Waals surface area contributed by atoms with Crippen LogP contribution >= 0.6 is 0 Å². The van der Waals surface area contributed by atoms with Crippen LogP contribution in [-0.2, 0) is 24.1 Å². The number of benzene rings is 2. The van der Waals surface area contributed by atoms with Gasteiger partial charge in [-0.2, -0.15) is 5.26 Å². The van der Waals surface area contributed by atoms with Crippen molar-refractivity contribution < 1.29 is 13.9 Å². The van der Waals surface area contributed by atoms with Gasteiger partial charge in [0.05, 0.1) is 37.3 Å². The molecule has 0 aliphatic carbocycles. The van der Waals surface area contributed by atoms with Gasteiger partial charge >= 0.3 is 0 Å². The average Bonchev–Trinajstić information content (AvgIpc) is 2.76. The number of hydrogen-bond donors (Lipinski definition) is 1. The van der Waals surface area contributed by atoms with Gasteiger partial charge in [-0.15, -0.1) is 0 Å². The lowest BCUT2D eigenvalue weighted by Crippen LogP contribution is -2.16. The average molecular weight is 404 g/mol. The third kappa shape index (κ3) is 5.61. The van der Waals surface area contributed by atoms with Gasteiger partial charge in [0.15, 0.2) is 5.69 Å². The quantitative estimate of drug-likeness (QED) is 0.616. The summed E-state index contributed by atoms with van der Waals surface area (Å²) in [6, 6.07) is 14.3. The van der Waals surface area contributed by atoms with E-state index in [4.69, 9.17) is 10.00 Å². The number of nitrogens with one attached hydrogen (secondary N) is 1. The highest BCUT2D eigenvalue weighted by Crippen LogP contribution is 2.26. The Bertz CT molecular complexity index is 1060. The Morgan fingerprint density at radius 3 is 2.70 bits per heavy atom. The zero-order valence-corrected chi connectivity index (χ0v) is 16.6. The van der Waals surface area contributed by atoms with Crippen LogP contribution in [0.25, 0.3) is 0 Å². The van der Waals surface area contributed by atoms with Crippen molar-refractivity contribution in [2.45, 2.75) is 25.7 Å². The summed E-state index contributed by atoms with van der Waals surface area (Å²) in [5.41, 5.74) is 2.97. The molecule has 0 saturated carbocycles. The summed E-state index contributed by atoms with van der Waals surface area (Å²) in [5.74, 6) is 0.109. The highest BCUT2D eigenvalue weighted by atomic mass is 19.1. The first-order chi connectivity index (χ1) is 14.6. The molecular formula is C23H21FN4O2. The molecule has 1 heterocycles. The van der Waals surface area contributed by atoms with Crippen LogP contribution in [0.4, 0.5) is 10.1 Å². The molecule has 6 nitrogen and oxygen atoms in total. The second kappa shape index (κ2) is 10.1. The predicted molar refractivity (Wildman–Crippen MR) is 110 cm³/mol. The molecule has 3 rings (SSSR count). The van der Waals surface area contributed by atoms with E-state index < -0.39 is 0 Å². The van der Waals surface area contributed by atoms with Crippen LogP contribution in [0.1, 0.15) is 28.9 Å². The molecule has 1 N–H and O–H groups in total. The number of rotatable bonds is 8. The minimum Gasteiger partial charge on any atom is -0.495 e. The maximum atomic E-state index is 13.7. The lowest BCUT2D eigenvalue weighted by atomic mass is 10.0. The van der Waals surface area contributed by atoms with E-state index >= 15 is 0 Å². The summed E-state index contributed by atoms with van der Waals surface area (Å²) in [4.78, 5) is 20.3. The molecule has 0 spiro atoms. The Kier molecular flexibility index (Phi) is 7.06. The van der Waals surface area contributed by atoms with E-state index in [1.54, 1.807) is 25.3 Å². The first kappa shape index (κ1) is 20.9. The molecule has 3 aromatic rings. The summed E-state index contributed by atoms with van der Waals surface area (Å²) in [7, 11) is 1.54. The number of aryl methyl sites for hydroxylation is 2. The molecule has 1 amide bonds. The second-order valence-corrected chi connectivity index (χ2v) is 6.71. The van der Waals surface area contributed by atoms with Crippen LogP contribution in [-0.4, -0.2) is 23.0 Å². The fraction of sp³-hybridized carbons (Fsp3) is 0.217. The Morgan fingerprint density at radius 2 is 2.00 bits per heavy atom. The minimum atomic E-state index is -0.264. The SMILES string of the molecule is COc1cc(CCCc2ccccc2F)ccc1NC(=O)Cc1cnc(C#N)cn1. The normalized spacial score (nSPS) is 10.3. The Labute approximate surface area is 174 Å². The van der Waals surface area contributed by atoms with Crippen molar-refractivity contribution in [1.29, 1.82) is 5.26 Å². The van der Waals surface area contributed by atoms with E-state index in [2.05, 4.69) is 15.3 Å². The lowest BCUT2D eigenvalue weighted by Gasteiger charge is -2.12. The number of carbonyl (C=O) groups is 1. The van der Waals surface area contributed by atoms with E-state index in [-0.39, 0.29) is 23.8 Å². The van der Waals surface area contributed by atoms with Gasteiger partial charge < -0.3 is 10.1 Å². The van der Waals surface area contributed by atoms with Gasteiger partial charge in [-0.3, -0.25) is 9.78 Å². The summed E-state index contributed by atoms with van der Waals surface area (Å²) in [5, 5.41) is 11.6. The first-order valence-corrected chi connectivity index (χ1v) is 9.50. The molecule has 30 heavy (non-hydrogen) atoms. The molecule has 0 atom stereocenters. The molecule has 152 valence electrons. The Morgan fingerprint density at radius 1 is 1.17 bits per heavy atom. The number of carbonyl (C=O) groups excluding carboxylic acids is 1. The summed E-state index contributed by atoms with van der Waals surface area (Å²) in [6.45, 7) is 0. The molecule has 0 unspecified atom stereocenters. The minimum absolute atomic E-state index is 0.0340. The smallest absolute Gasteiger partial charge is 0.230 e. The van der Waals surface area contributed by atoms with Crippen LogP contribution in [0.15, 0.2) is 54.9 Å². The number of halogens is 1. The molecule has 0 aliphatic rings. The third-order valence-electron chi connectivity index (χ3n) is 4.57. The fourth-order valence-corrected chi connectivity index (χ4v) is 3.04. The maximum Gasteiger partial charge on any atom is 0.230 e. The van der Waals surface area contributed by atoms with Crippen molar-refractivity contribution in [3.8, 4) is 11.8 Å². The van der Waals surface area contributed by atoms with E-state index in [0.717, 1.165) is 18.4 Å². The number of ether oxygens (including phenoxy) is 1. The van der Waals surface area contributed by atoms with Crippen molar-refractivity contribution in [1.82, 2.24) is 9.97 Å². The van der Waals surface area contributed by atoms with Crippen LogP contribution in [0, 0.1) is 17.1 Å². The van der Waals surface area contributed by atoms with E-state index in [1.807, 2.05) is 24.3 Å². The molecule has 0 fully saturated rings. The van der Waals surface area contributed by atoms with Crippen molar-refractivity contribution in [3.63, 3.8) is 0 Å². The zero-order valence-electron chi connectivity index (χ0n) is 16.6. The maximum absolute atomic E-state index is 13.7.